The molecule has 1 unspecified atom stereocenters. The second kappa shape index (κ2) is 3.13. The number of hydrogen-bond acceptors (Lipinski definition) is 1. The SMILES string of the molecule is CC1=C(C)C(C)C(NC=O)=C1C. The Hall–Kier alpha value is -1.05. The maximum Gasteiger partial charge on any atom is 0.211 e. The molecule has 0 aromatic heterocycles. The van der Waals surface area contributed by atoms with Gasteiger partial charge >= 0.3 is 0 Å². The van der Waals surface area contributed by atoms with E-state index in [1.54, 1.807) is 0 Å². The van der Waals surface area contributed by atoms with E-state index >= 15 is 0 Å². The first-order valence-corrected chi connectivity index (χ1v) is 4.18. The average Bonchev–Trinajstić information content (AvgIpc) is 2.23. The van der Waals surface area contributed by atoms with Crippen LogP contribution < -0.4 is 5.32 Å². The molecule has 1 amide bonds. The third-order valence-electron chi connectivity index (χ3n) is 2.85. The van der Waals surface area contributed by atoms with Crippen molar-refractivity contribution in [1.29, 1.82) is 0 Å². The molecule has 2 nitrogen and oxygen atoms in total. The highest BCUT2D eigenvalue weighted by molar-refractivity contribution is 5.56. The third-order valence-corrected chi connectivity index (χ3v) is 2.85. The van der Waals surface area contributed by atoms with Crippen LogP contribution in [-0.2, 0) is 4.79 Å². The van der Waals surface area contributed by atoms with E-state index in [0.717, 1.165) is 12.1 Å². The lowest BCUT2D eigenvalue weighted by atomic mass is 10.0. The highest BCUT2D eigenvalue weighted by atomic mass is 16.1. The van der Waals surface area contributed by atoms with Crippen molar-refractivity contribution < 1.29 is 4.79 Å². The molecule has 0 fully saturated rings. The van der Waals surface area contributed by atoms with E-state index in [4.69, 9.17) is 0 Å². The molecule has 0 bridgehead atoms. The molecule has 1 rings (SSSR count). The Morgan fingerprint density at radius 1 is 1.25 bits per heavy atom. The quantitative estimate of drug-likeness (QED) is 0.623. The Morgan fingerprint density at radius 2 is 1.83 bits per heavy atom. The highest BCUT2D eigenvalue weighted by Gasteiger charge is 2.22. The minimum absolute atomic E-state index is 0.371. The monoisotopic (exact) mass is 165 g/mol. The van der Waals surface area contributed by atoms with Gasteiger partial charge in [0.25, 0.3) is 0 Å². The van der Waals surface area contributed by atoms with Gasteiger partial charge in [-0.1, -0.05) is 12.5 Å². The van der Waals surface area contributed by atoms with E-state index in [1.165, 1.54) is 16.7 Å². The molecule has 1 aliphatic rings. The smallest absolute Gasteiger partial charge is 0.211 e. The molecule has 1 N–H and O–H groups in total. The first kappa shape index (κ1) is 9.04. The van der Waals surface area contributed by atoms with E-state index in [-0.39, 0.29) is 0 Å². The molecule has 0 heterocycles. The number of carbonyl (C=O) groups excluding carboxylic acids is 1. The molecule has 1 aliphatic carbocycles. The molecule has 12 heavy (non-hydrogen) atoms. The van der Waals surface area contributed by atoms with E-state index in [0.29, 0.717) is 5.92 Å². The van der Waals surface area contributed by atoms with Crippen LogP contribution in [0.4, 0.5) is 0 Å². The summed E-state index contributed by atoms with van der Waals surface area (Å²) in [5.41, 5.74) is 4.94. The topological polar surface area (TPSA) is 29.1 Å². The summed E-state index contributed by atoms with van der Waals surface area (Å²) in [7, 11) is 0. The van der Waals surface area contributed by atoms with Crippen molar-refractivity contribution in [3.05, 3.63) is 22.4 Å². The molecule has 0 saturated heterocycles. The second-order valence-electron chi connectivity index (χ2n) is 3.33. The maximum atomic E-state index is 10.3. The van der Waals surface area contributed by atoms with Gasteiger partial charge in [-0.3, -0.25) is 4.79 Å². The molecule has 0 aromatic rings. The molecule has 66 valence electrons. The standard InChI is InChI=1S/C10H15NO/c1-6-7(2)9(4)10(8(6)3)11-5-12/h5,8H,1-4H3,(H,11,12). The van der Waals surface area contributed by atoms with Gasteiger partial charge in [0.2, 0.25) is 6.41 Å². The lowest BCUT2D eigenvalue weighted by Gasteiger charge is -2.10. The first-order valence-electron chi connectivity index (χ1n) is 4.18. The number of nitrogens with one attached hydrogen (secondary N) is 1. The van der Waals surface area contributed by atoms with E-state index in [1.807, 2.05) is 6.92 Å². The van der Waals surface area contributed by atoms with Gasteiger partial charge in [-0.2, -0.15) is 0 Å². The van der Waals surface area contributed by atoms with Crippen molar-refractivity contribution in [1.82, 2.24) is 5.32 Å². The van der Waals surface area contributed by atoms with E-state index in [9.17, 15) is 4.79 Å². The maximum absolute atomic E-state index is 10.3. The van der Waals surface area contributed by atoms with Gasteiger partial charge in [0.1, 0.15) is 0 Å². The summed E-state index contributed by atoms with van der Waals surface area (Å²) in [5, 5.41) is 2.76. The average molecular weight is 165 g/mol. The van der Waals surface area contributed by atoms with Crippen molar-refractivity contribution in [2.75, 3.05) is 0 Å². The lowest BCUT2D eigenvalue weighted by molar-refractivity contribution is -0.109. The fourth-order valence-electron chi connectivity index (χ4n) is 1.66. The Kier molecular flexibility index (Phi) is 2.36. The van der Waals surface area contributed by atoms with Crippen LogP contribution in [-0.4, -0.2) is 6.41 Å². The molecule has 0 saturated carbocycles. The summed E-state index contributed by atoms with van der Waals surface area (Å²) >= 11 is 0. The molecule has 2 heteroatoms. The molecule has 0 radical (unpaired) electrons. The number of allylic oxidation sites excluding steroid dienone is 3. The minimum Gasteiger partial charge on any atom is -0.331 e. The van der Waals surface area contributed by atoms with Crippen LogP contribution in [0.2, 0.25) is 0 Å². The van der Waals surface area contributed by atoms with Crippen LogP contribution in [0.3, 0.4) is 0 Å². The Balaban J connectivity index is 2.99. The number of carbonyl (C=O) groups is 1. The Morgan fingerprint density at radius 3 is 2.17 bits per heavy atom. The number of hydrogen-bond donors (Lipinski definition) is 1. The minimum atomic E-state index is 0.371. The van der Waals surface area contributed by atoms with Crippen molar-refractivity contribution >= 4 is 6.41 Å². The Labute approximate surface area is 73.4 Å². The van der Waals surface area contributed by atoms with Crippen molar-refractivity contribution in [3.63, 3.8) is 0 Å². The van der Waals surface area contributed by atoms with Crippen LogP contribution in [0.25, 0.3) is 0 Å². The molecule has 0 aliphatic heterocycles. The zero-order chi connectivity index (χ0) is 9.30. The van der Waals surface area contributed by atoms with E-state index < -0.39 is 0 Å². The summed E-state index contributed by atoms with van der Waals surface area (Å²) in [6.07, 6.45) is 0.751. The van der Waals surface area contributed by atoms with Gasteiger partial charge in [0.05, 0.1) is 0 Å². The number of rotatable bonds is 2. The first-order chi connectivity index (χ1) is 5.59. The van der Waals surface area contributed by atoms with Gasteiger partial charge in [-0.05, 0) is 31.9 Å². The van der Waals surface area contributed by atoms with Crippen molar-refractivity contribution in [2.24, 2.45) is 5.92 Å². The lowest BCUT2D eigenvalue weighted by Crippen LogP contribution is -2.16. The number of amides is 1. The van der Waals surface area contributed by atoms with Crippen LogP contribution in [0.1, 0.15) is 27.7 Å². The zero-order valence-corrected chi connectivity index (χ0v) is 8.06. The molecular weight excluding hydrogens is 150 g/mol. The van der Waals surface area contributed by atoms with Gasteiger partial charge in [0.15, 0.2) is 0 Å². The summed E-state index contributed by atoms with van der Waals surface area (Å²) in [5.74, 6) is 0.371. The van der Waals surface area contributed by atoms with Crippen molar-refractivity contribution in [2.45, 2.75) is 27.7 Å². The van der Waals surface area contributed by atoms with Gasteiger partial charge in [-0.25, -0.2) is 0 Å². The molecule has 0 aromatic carbocycles. The van der Waals surface area contributed by atoms with Crippen LogP contribution in [0, 0.1) is 5.92 Å². The van der Waals surface area contributed by atoms with Gasteiger partial charge in [0, 0.05) is 11.6 Å². The Bertz CT molecular complexity index is 274. The summed E-state index contributed by atoms with van der Waals surface area (Å²) in [4.78, 5) is 10.3. The predicted molar refractivity (Wildman–Crippen MR) is 49.4 cm³/mol. The fraction of sp³-hybridized carbons (Fsp3) is 0.500. The highest BCUT2D eigenvalue weighted by Crippen LogP contribution is 2.34. The zero-order valence-electron chi connectivity index (χ0n) is 8.06. The third kappa shape index (κ3) is 1.17. The van der Waals surface area contributed by atoms with Gasteiger partial charge < -0.3 is 5.32 Å². The van der Waals surface area contributed by atoms with Crippen molar-refractivity contribution in [3.8, 4) is 0 Å². The summed E-state index contributed by atoms with van der Waals surface area (Å²) in [6.45, 7) is 8.37. The summed E-state index contributed by atoms with van der Waals surface area (Å²) in [6, 6.07) is 0. The van der Waals surface area contributed by atoms with Gasteiger partial charge in [-0.15, -0.1) is 0 Å². The summed E-state index contributed by atoms with van der Waals surface area (Å²) < 4.78 is 0. The predicted octanol–water partition coefficient (Wildman–Crippen LogP) is 1.99. The van der Waals surface area contributed by atoms with Crippen LogP contribution in [0.5, 0.6) is 0 Å². The largest absolute Gasteiger partial charge is 0.331 e. The normalized spacial score (nSPS) is 23.5. The van der Waals surface area contributed by atoms with Crippen LogP contribution >= 0.6 is 0 Å². The van der Waals surface area contributed by atoms with E-state index in [2.05, 4.69) is 26.1 Å². The fourth-order valence-corrected chi connectivity index (χ4v) is 1.66. The molecule has 1 atom stereocenters. The second-order valence-corrected chi connectivity index (χ2v) is 3.33. The van der Waals surface area contributed by atoms with Crippen LogP contribution in [0.15, 0.2) is 22.4 Å². The molecular formula is C10H15NO. The molecule has 0 spiro atoms.